The van der Waals surface area contributed by atoms with Crippen LogP contribution < -0.4 is 10.1 Å². The van der Waals surface area contributed by atoms with Crippen LogP contribution in [0.3, 0.4) is 0 Å². The van der Waals surface area contributed by atoms with Crippen LogP contribution in [0.25, 0.3) is 10.9 Å². The van der Waals surface area contributed by atoms with Gasteiger partial charge in [-0.05, 0) is 66.1 Å². The van der Waals surface area contributed by atoms with Gasteiger partial charge in [0.15, 0.2) is 0 Å². The summed E-state index contributed by atoms with van der Waals surface area (Å²) in [4.78, 5) is 14.7. The number of amides is 1. The van der Waals surface area contributed by atoms with Gasteiger partial charge in [-0.25, -0.2) is 0 Å². The molecule has 0 spiro atoms. The van der Waals surface area contributed by atoms with E-state index in [9.17, 15) is 4.79 Å². The minimum atomic E-state index is -0.0115. The summed E-state index contributed by atoms with van der Waals surface area (Å²) in [5.41, 5.74) is 6.09. The first-order valence-corrected chi connectivity index (χ1v) is 10.2. The Morgan fingerprint density at radius 1 is 1.11 bits per heavy atom. The highest BCUT2D eigenvalue weighted by Gasteiger charge is 2.18. The lowest BCUT2D eigenvalue weighted by Gasteiger charge is -2.22. The minimum absolute atomic E-state index is 0.0115. The number of fused-ring (bicyclic) bond motifs is 1. The molecule has 0 saturated carbocycles. The maximum atomic E-state index is 11.4. The van der Waals surface area contributed by atoms with Crippen LogP contribution in [0.4, 0.5) is 0 Å². The highest BCUT2D eigenvalue weighted by Crippen LogP contribution is 2.31. The van der Waals surface area contributed by atoms with E-state index in [1.54, 1.807) is 7.11 Å². The Labute approximate surface area is 167 Å². The van der Waals surface area contributed by atoms with Crippen LogP contribution in [-0.4, -0.2) is 18.5 Å². The molecule has 0 saturated heterocycles. The van der Waals surface area contributed by atoms with Gasteiger partial charge >= 0.3 is 0 Å². The van der Waals surface area contributed by atoms with Crippen molar-refractivity contribution in [3.05, 3.63) is 64.8 Å². The number of carbonyl (C=O) groups is 1. The van der Waals surface area contributed by atoms with Crippen molar-refractivity contribution >= 4 is 17.3 Å². The van der Waals surface area contributed by atoms with Gasteiger partial charge in [0.1, 0.15) is 5.75 Å². The first-order chi connectivity index (χ1) is 13.7. The highest BCUT2D eigenvalue weighted by molar-refractivity contribution is 5.83. The Morgan fingerprint density at radius 3 is 2.64 bits per heavy atom. The van der Waals surface area contributed by atoms with Gasteiger partial charge < -0.3 is 15.0 Å². The third-order valence-corrected chi connectivity index (χ3v) is 5.46. The first kappa shape index (κ1) is 20.0. The third kappa shape index (κ3) is 4.22. The number of nitrogens with one attached hydrogen (secondary N) is 2. The van der Waals surface area contributed by atoms with Crippen molar-refractivity contribution in [3.8, 4) is 5.75 Å². The predicted molar refractivity (Wildman–Crippen MR) is 115 cm³/mol. The average Bonchev–Trinajstić information content (AvgIpc) is 3.14. The zero-order valence-corrected chi connectivity index (χ0v) is 17.0. The number of aryl methyl sites for hydroxylation is 3. The van der Waals surface area contributed by atoms with Crippen molar-refractivity contribution < 1.29 is 9.53 Å². The van der Waals surface area contributed by atoms with Gasteiger partial charge in [0.25, 0.3) is 0 Å². The molecule has 3 rings (SSSR count). The smallest absolute Gasteiger partial charge is 0.207 e. The van der Waals surface area contributed by atoms with Gasteiger partial charge in [-0.3, -0.25) is 4.79 Å². The van der Waals surface area contributed by atoms with Crippen LogP contribution >= 0.6 is 0 Å². The molecule has 1 atom stereocenters. The first-order valence-electron chi connectivity index (χ1n) is 10.2. The molecule has 3 aromatic rings. The zero-order chi connectivity index (χ0) is 19.9. The average molecular weight is 379 g/mol. The number of hydrogen-bond donors (Lipinski definition) is 2. The standard InChI is InChI=1S/C24H30N2O2/c1-4-8-18-13-21(17(5-2)14-24(18)28-3)23(26-16-27)12-11-19-15-25-22-10-7-6-9-20(19)22/h6-7,9-10,13-16,23,25H,4-5,8,11-12H2,1-3H3,(H,26,27). The molecule has 4 nitrogen and oxygen atoms in total. The predicted octanol–water partition coefficient (Wildman–Crippen LogP) is 5.11. The zero-order valence-electron chi connectivity index (χ0n) is 17.0. The van der Waals surface area contributed by atoms with Crippen molar-refractivity contribution in [1.82, 2.24) is 10.3 Å². The number of hydrogen-bond acceptors (Lipinski definition) is 2. The molecular formula is C24H30N2O2. The molecule has 0 aliphatic heterocycles. The summed E-state index contributed by atoms with van der Waals surface area (Å²) in [6, 6.07) is 12.7. The summed E-state index contributed by atoms with van der Waals surface area (Å²) in [5.74, 6) is 0.948. The van der Waals surface area contributed by atoms with E-state index in [1.807, 2.05) is 6.07 Å². The van der Waals surface area contributed by atoms with Crippen LogP contribution in [0.15, 0.2) is 42.6 Å². The number of carbonyl (C=O) groups excluding carboxylic acids is 1. The van der Waals surface area contributed by atoms with E-state index >= 15 is 0 Å². The van der Waals surface area contributed by atoms with Crippen molar-refractivity contribution in [1.29, 1.82) is 0 Å². The molecular weight excluding hydrogens is 348 g/mol. The lowest BCUT2D eigenvalue weighted by molar-refractivity contribution is -0.110. The Bertz CT molecular complexity index is 929. The maximum Gasteiger partial charge on any atom is 0.207 e. The molecule has 2 N–H and O–H groups in total. The van der Waals surface area contributed by atoms with E-state index in [4.69, 9.17) is 4.74 Å². The second-order valence-corrected chi connectivity index (χ2v) is 7.20. The second kappa shape index (κ2) is 9.45. The number of para-hydroxylation sites is 1. The van der Waals surface area contributed by atoms with Gasteiger partial charge in [-0.15, -0.1) is 0 Å². The summed E-state index contributed by atoms with van der Waals surface area (Å²) >= 11 is 0. The van der Waals surface area contributed by atoms with Crippen LogP contribution in [0.5, 0.6) is 5.75 Å². The molecule has 0 aliphatic carbocycles. The fourth-order valence-electron chi connectivity index (χ4n) is 4.02. The number of aromatic nitrogens is 1. The van der Waals surface area contributed by atoms with E-state index < -0.39 is 0 Å². The molecule has 0 bridgehead atoms. The molecule has 1 unspecified atom stereocenters. The summed E-state index contributed by atoms with van der Waals surface area (Å²) in [7, 11) is 1.73. The third-order valence-electron chi connectivity index (χ3n) is 5.46. The number of H-pyrrole nitrogens is 1. The number of methoxy groups -OCH3 is 1. The van der Waals surface area contributed by atoms with Crippen molar-refractivity contribution in [2.75, 3.05) is 7.11 Å². The van der Waals surface area contributed by atoms with Crippen molar-refractivity contribution in [2.24, 2.45) is 0 Å². The number of ether oxygens (including phenoxy) is 1. The molecule has 2 aromatic carbocycles. The largest absolute Gasteiger partial charge is 0.496 e. The number of aromatic amines is 1. The Morgan fingerprint density at radius 2 is 1.93 bits per heavy atom. The van der Waals surface area contributed by atoms with Crippen LogP contribution in [0.1, 0.15) is 55.0 Å². The van der Waals surface area contributed by atoms with Gasteiger partial charge in [-0.2, -0.15) is 0 Å². The minimum Gasteiger partial charge on any atom is -0.496 e. The molecule has 0 radical (unpaired) electrons. The lowest BCUT2D eigenvalue weighted by atomic mass is 9.91. The van der Waals surface area contributed by atoms with Gasteiger partial charge in [0.05, 0.1) is 13.2 Å². The summed E-state index contributed by atoms with van der Waals surface area (Å²) < 4.78 is 5.61. The van der Waals surface area contributed by atoms with Crippen LogP contribution in [0, 0.1) is 0 Å². The second-order valence-electron chi connectivity index (χ2n) is 7.20. The van der Waals surface area contributed by atoms with E-state index in [0.29, 0.717) is 0 Å². The Hall–Kier alpha value is -2.75. The maximum absolute atomic E-state index is 11.4. The number of rotatable bonds is 10. The van der Waals surface area contributed by atoms with Gasteiger partial charge in [-0.1, -0.05) is 38.5 Å². The molecule has 0 fully saturated rings. The van der Waals surface area contributed by atoms with E-state index in [1.165, 1.54) is 27.6 Å². The summed E-state index contributed by atoms with van der Waals surface area (Å²) in [6.45, 7) is 4.32. The number of benzene rings is 2. The fourth-order valence-corrected chi connectivity index (χ4v) is 4.02. The Balaban J connectivity index is 1.90. The molecule has 4 heteroatoms. The van der Waals surface area contributed by atoms with Crippen LogP contribution in [-0.2, 0) is 24.1 Å². The van der Waals surface area contributed by atoms with Crippen molar-refractivity contribution in [3.63, 3.8) is 0 Å². The van der Waals surface area contributed by atoms with E-state index in [2.05, 4.69) is 60.7 Å². The highest BCUT2D eigenvalue weighted by atomic mass is 16.5. The SMILES string of the molecule is CCCc1cc(C(CCc2c[nH]c3ccccc23)NC=O)c(CC)cc1OC. The molecule has 148 valence electrons. The molecule has 1 aromatic heterocycles. The van der Waals surface area contributed by atoms with Crippen LogP contribution in [0.2, 0.25) is 0 Å². The molecule has 0 aliphatic rings. The van der Waals surface area contributed by atoms with Gasteiger partial charge in [0.2, 0.25) is 6.41 Å². The topological polar surface area (TPSA) is 54.1 Å². The monoisotopic (exact) mass is 378 g/mol. The summed E-state index contributed by atoms with van der Waals surface area (Å²) in [5, 5.41) is 4.31. The Kier molecular flexibility index (Phi) is 6.75. The molecule has 1 amide bonds. The van der Waals surface area contributed by atoms with Gasteiger partial charge in [0, 0.05) is 17.1 Å². The van der Waals surface area contributed by atoms with E-state index in [-0.39, 0.29) is 6.04 Å². The fraction of sp³-hybridized carbons (Fsp3) is 0.375. The quantitative estimate of drug-likeness (QED) is 0.482. The van der Waals surface area contributed by atoms with E-state index in [0.717, 1.165) is 49.8 Å². The lowest BCUT2D eigenvalue weighted by Crippen LogP contribution is -2.22. The normalized spacial score (nSPS) is 12.1. The van der Waals surface area contributed by atoms with Crippen molar-refractivity contribution in [2.45, 2.75) is 52.0 Å². The molecule has 1 heterocycles. The molecule has 28 heavy (non-hydrogen) atoms. The summed E-state index contributed by atoms with van der Waals surface area (Å²) in [6.07, 6.45) is 7.59.